The molecule has 1 amide bonds. The Hall–Kier alpha value is -1.25. The highest BCUT2D eigenvalue weighted by Crippen LogP contribution is 2.17. The molecule has 2 heterocycles. The number of likely N-dealkylation sites (tertiary alicyclic amines) is 1. The number of carbonyl (C=O) groups is 1. The number of nitrogens with one attached hydrogen (secondary N) is 1. The number of piperidine rings is 1. The van der Waals surface area contributed by atoms with Crippen LogP contribution >= 0.6 is 11.6 Å². The van der Waals surface area contributed by atoms with Crippen LogP contribution in [0.5, 0.6) is 0 Å². The average Bonchev–Trinajstić information content (AvgIpc) is 2.45. The van der Waals surface area contributed by atoms with Crippen LogP contribution in [0.1, 0.15) is 23.3 Å². The van der Waals surface area contributed by atoms with Crippen molar-refractivity contribution in [1.29, 1.82) is 0 Å². The molecular formula is C12H17ClN4O3S. The van der Waals surface area contributed by atoms with E-state index in [1.807, 2.05) is 0 Å². The first kappa shape index (κ1) is 16.1. The number of rotatable bonds is 4. The van der Waals surface area contributed by atoms with E-state index in [0.29, 0.717) is 19.6 Å². The summed E-state index contributed by atoms with van der Waals surface area (Å²) in [6.07, 6.45) is 5.54. The van der Waals surface area contributed by atoms with E-state index in [9.17, 15) is 13.2 Å². The molecule has 1 aliphatic rings. The molecule has 1 fully saturated rings. The first-order valence-electron chi connectivity index (χ1n) is 6.56. The van der Waals surface area contributed by atoms with Crippen molar-refractivity contribution in [1.82, 2.24) is 19.6 Å². The monoisotopic (exact) mass is 332 g/mol. The van der Waals surface area contributed by atoms with E-state index in [0.717, 1.165) is 19.1 Å². The van der Waals surface area contributed by atoms with Crippen molar-refractivity contribution < 1.29 is 13.2 Å². The predicted molar refractivity (Wildman–Crippen MR) is 78.5 cm³/mol. The van der Waals surface area contributed by atoms with E-state index >= 15 is 0 Å². The van der Waals surface area contributed by atoms with Crippen LogP contribution in [0.25, 0.3) is 0 Å². The van der Waals surface area contributed by atoms with E-state index in [1.54, 1.807) is 4.90 Å². The molecule has 1 unspecified atom stereocenters. The van der Waals surface area contributed by atoms with Gasteiger partial charge in [0.25, 0.3) is 5.91 Å². The van der Waals surface area contributed by atoms with Crippen molar-refractivity contribution in [2.45, 2.75) is 12.8 Å². The van der Waals surface area contributed by atoms with Gasteiger partial charge in [0.15, 0.2) is 0 Å². The number of nitrogens with zero attached hydrogens (tertiary/aromatic N) is 3. The second-order valence-corrected chi connectivity index (χ2v) is 7.32. The highest BCUT2D eigenvalue weighted by Gasteiger charge is 2.25. The normalized spacial score (nSPS) is 19.5. The number of amides is 1. The van der Waals surface area contributed by atoms with Gasteiger partial charge in [0, 0.05) is 19.6 Å². The summed E-state index contributed by atoms with van der Waals surface area (Å²) < 4.78 is 24.7. The SMILES string of the molecule is CS(=O)(=O)NCC1CCCN(C(=O)c2cnc(Cl)cn2)C1. The zero-order valence-electron chi connectivity index (χ0n) is 11.6. The summed E-state index contributed by atoms with van der Waals surface area (Å²) in [5, 5.41) is 0.237. The Labute approximate surface area is 128 Å². The molecule has 0 bridgehead atoms. The van der Waals surface area contributed by atoms with E-state index in [-0.39, 0.29) is 22.7 Å². The zero-order valence-corrected chi connectivity index (χ0v) is 13.2. The smallest absolute Gasteiger partial charge is 0.274 e. The second kappa shape index (κ2) is 6.67. The summed E-state index contributed by atoms with van der Waals surface area (Å²) in [4.78, 5) is 21.8. The van der Waals surface area contributed by atoms with Crippen LogP contribution in [-0.2, 0) is 10.0 Å². The predicted octanol–water partition coefficient (Wildman–Crippen LogP) is 0.531. The molecular weight excluding hydrogens is 316 g/mol. The first-order valence-corrected chi connectivity index (χ1v) is 8.83. The minimum atomic E-state index is -3.21. The van der Waals surface area contributed by atoms with Gasteiger partial charge in [-0.15, -0.1) is 0 Å². The molecule has 0 aliphatic carbocycles. The summed E-state index contributed by atoms with van der Waals surface area (Å²) in [6, 6.07) is 0. The van der Waals surface area contributed by atoms with Crippen LogP contribution in [-0.4, -0.2) is 55.1 Å². The van der Waals surface area contributed by atoms with E-state index < -0.39 is 10.0 Å². The van der Waals surface area contributed by atoms with Gasteiger partial charge < -0.3 is 4.90 Å². The standard InChI is InChI=1S/C12H17ClN4O3S/c1-21(19,20)16-5-9-3-2-4-17(8-9)12(18)10-6-15-11(13)7-14-10/h6-7,9,16H,2-5,8H2,1H3. The van der Waals surface area contributed by atoms with Crippen molar-refractivity contribution in [2.24, 2.45) is 5.92 Å². The maximum Gasteiger partial charge on any atom is 0.274 e. The molecule has 2 rings (SSSR count). The minimum Gasteiger partial charge on any atom is -0.337 e. The van der Waals surface area contributed by atoms with E-state index in [4.69, 9.17) is 11.6 Å². The van der Waals surface area contributed by atoms with Gasteiger partial charge in [0.05, 0.1) is 18.6 Å². The molecule has 1 N–H and O–H groups in total. The molecule has 0 saturated carbocycles. The molecule has 1 saturated heterocycles. The van der Waals surface area contributed by atoms with Crippen LogP contribution in [0.4, 0.5) is 0 Å². The summed E-state index contributed by atoms with van der Waals surface area (Å²) in [5.41, 5.74) is 0.246. The van der Waals surface area contributed by atoms with Gasteiger partial charge >= 0.3 is 0 Å². The molecule has 0 radical (unpaired) electrons. The fraction of sp³-hybridized carbons (Fsp3) is 0.583. The van der Waals surface area contributed by atoms with Crippen LogP contribution in [0.3, 0.4) is 0 Å². The van der Waals surface area contributed by atoms with Crippen LogP contribution in [0, 0.1) is 5.92 Å². The van der Waals surface area contributed by atoms with Crippen LogP contribution < -0.4 is 4.72 Å². The Morgan fingerprint density at radius 3 is 2.86 bits per heavy atom. The third-order valence-corrected chi connectivity index (χ3v) is 4.17. The van der Waals surface area contributed by atoms with Gasteiger partial charge in [0.2, 0.25) is 10.0 Å². The van der Waals surface area contributed by atoms with Gasteiger partial charge in [-0.2, -0.15) is 0 Å². The zero-order chi connectivity index (χ0) is 15.5. The number of carbonyl (C=O) groups excluding carboxylic acids is 1. The van der Waals surface area contributed by atoms with E-state index in [1.165, 1.54) is 12.4 Å². The minimum absolute atomic E-state index is 0.109. The topological polar surface area (TPSA) is 92.3 Å². The molecule has 1 aliphatic heterocycles. The molecule has 9 heteroatoms. The summed E-state index contributed by atoms with van der Waals surface area (Å²) in [6.45, 7) is 1.49. The Morgan fingerprint density at radius 2 is 2.24 bits per heavy atom. The summed E-state index contributed by atoms with van der Waals surface area (Å²) in [7, 11) is -3.21. The fourth-order valence-electron chi connectivity index (χ4n) is 2.27. The molecule has 21 heavy (non-hydrogen) atoms. The molecule has 0 spiro atoms. The lowest BCUT2D eigenvalue weighted by molar-refractivity contribution is 0.0670. The summed E-state index contributed by atoms with van der Waals surface area (Å²) >= 11 is 5.65. The lowest BCUT2D eigenvalue weighted by atomic mass is 9.98. The first-order chi connectivity index (χ1) is 9.85. The number of aromatic nitrogens is 2. The highest BCUT2D eigenvalue weighted by atomic mass is 35.5. The highest BCUT2D eigenvalue weighted by molar-refractivity contribution is 7.88. The number of halogens is 1. The second-order valence-electron chi connectivity index (χ2n) is 5.10. The van der Waals surface area contributed by atoms with Crippen molar-refractivity contribution in [3.63, 3.8) is 0 Å². The molecule has 116 valence electrons. The third-order valence-electron chi connectivity index (χ3n) is 3.28. The number of hydrogen-bond donors (Lipinski definition) is 1. The maximum absolute atomic E-state index is 12.3. The molecule has 1 aromatic heterocycles. The van der Waals surface area contributed by atoms with Gasteiger partial charge in [0.1, 0.15) is 10.8 Å². The van der Waals surface area contributed by atoms with Crippen LogP contribution in [0.2, 0.25) is 5.15 Å². The van der Waals surface area contributed by atoms with Crippen molar-refractivity contribution in [2.75, 3.05) is 25.9 Å². The van der Waals surface area contributed by atoms with Crippen molar-refractivity contribution in [3.8, 4) is 0 Å². The molecule has 0 aromatic carbocycles. The molecule has 1 atom stereocenters. The Bertz CT molecular complexity index is 605. The summed E-state index contributed by atoms with van der Waals surface area (Å²) in [5.74, 6) is -0.0964. The Morgan fingerprint density at radius 1 is 1.48 bits per heavy atom. The quantitative estimate of drug-likeness (QED) is 0.868. The van der Waals surface area contributed by atoms with Crippen molar-refractivity contribution in [3.05, 3.63) is 23.2 Å². The van der Waals surface area contributed by atoms with Gasteiger partial charge in [-0.3, -0.25) is 4.79 Å². The number of sulfonamides is 1. The maximum atomic E-state index is 12.3. The van der Waals surface area contributed by atoms with Gasteiger partial charge in [-0.25, -0.2) is 23.1 Å². The number of hydrogen-bond acceptors (Lipinski definition) is 5. The Balaban J connectivity index is 1.97. The third kappa shape index (κ3) is 4.90. The van der Waals surface area contributed by atoms with Gasteiger partial charge in [-0.05, 0) is 18.8 Å². The molecule has 7 nitrogen and oxygen atoms in total. The van der Waals surface area contributed by atoms with Crippen molar-refractivity contribution >= 4 is 27.5 Å². The van der Waals surface area contributed by atoms with Gasteiger partial charge in [-0.1, -0.05) is 11.6 Å². The molecule has 1 aromatic rings. The van der Waals surface area contributed by atoms with E-state index in [2.05, 4.69) is 14.7 Å². The average molecular weight is 333 g/mol. The lowest BCUT2D eigenvalue weighted by Gasteiger charge is -2.32. The largest absolute Gasteiger partial charge is 0.337 e. The van der Waals surface area contributed by atoms with Crippen LogP contribution in [0.15, 0.2) is 12.4 Å². The lowest BCUT2D eigenvalue weighted by Crippen LogP contribution is -2.43. The fourth-order valence-corrected chi connectivity index (χ4v) is 2.91. The Kier molecular flexibility index (Phi) is 5.13.